The van der Waals surface area contributed by atoms with Crippen LogP contribution in [0.2, 0.25) is 0 Å². The zero-order valence-electron chi connectivity index (χ0n) is 42.2. The lowest BCUT2D eigenvalue weighted by Crippen LogP contribution is -2.62. The number of hydrogen-bond acceptors (Lipinski definition) is 9. The molecule has 1 aromatic heterocycles. The third kappa shape index (κ3) is 13.7. The molecule has 2 fully saturated rings. The number of nitrogens with one attached hydrogen (secondary N) is 2. The summed E-state index contributed by atoms with van der Waals surface area (Å²) in [4.78, 5) is 72.4. The second-order valence-electron chi connectivity index (χ2n) is 19.3. The van der Waals surface area contributed by atoms with Gasteiger partial charge in [-0.2, -0.15) is 67.5 Å². The van der Waals surface area contributed by atoms with Gasteiger partial charge in [-0.25, -0.2) is 5.43 Å². The number of carbonyl (C=O) groups excluding carboxylic acids is 5. The van der Waals surface area contributed by atoms with Gasteiger partial charge in [-0.1, -0.05) is 70.7 Å². The molecule has 392 valence electrons. The summed E-state index contributed by atoms with van der Waals surface area (Å²) in [6.45, 7) is 17.3. The van der Waals surface area contributed by atoms with Crippen LogP contribution in [-0.4, -0.2) is 113 Å². The highest BCUT2D eigenvalue weighted by molar-refractivity contribution is 7.60. The van der Waals surface area contributed by atoms with E-state index in [1.807, 2.05) is 45.0 Å². The van der Waals surface area contributed by atoms with Crippen LogP contribution in [0, 0.1) is 17.3 Å². The Bertz CT molecular complexity index is 2540. The van der Waals surface area contributed by atoms with Gasteiger partial charge in [-0.3, -0.25) is 29.0 Å². The molecule has 3 aromatic carbocycles. The number of esters is 1. The monoisotopic (exact) mass is 1070 g/mol. The Kier molecular flexibility index (Phi) is 23.6. The summed E-state index contributed by atoms with van der Waals surface area (Å²) < 4.78 is 14.3. The number of phenolic OH excluding ortho intramolecular Hbond substituents is 1. The molecule has 2 saturated heterocycles. The van der Waals surface area contributed by atoms with Crippen molar-refractivity contribution in [3.05, 3.63) is 90.0 Å². The lowest BCUT2D eigenvalue weighted by atomic mass is 9.83. The standard InChI is InChI=1S/C52H66N6O8.5H2S/c1-10-45(60)56-22-20-35(29-56)49(62)55(8)46(31(3)4)48(61)53-43-25-33-23-36(26-37(59)24-33)34-18-19-44-40(27-34)41(47(57(44)11-2)39-16-13-12-15-38(39)32(5)65-9)28-52(6,7)30-66-51(64)42-17-14-21-58(54-42)50(43)63;;;;;/h10,12-13,15-16,18-19,23-24,26-27,31-32,35,42-43,46,54,59H,1,11,14,17,20-22,25,28-30H2,2-9H3,(H,53,61);5*1H2/t32-,35-,42-,43-,46-;;;;;/m0...../s1. The molecule has 14 nitrogen and oxygen atoms in total. The van der Waals surface area contributed by atoms with Crippen molar-refractivity contribution in [3.8, 4) is 28.1 Å². The molecule has 4 amide bonds. The SMILES string of the molecule is C=CC(=O)N1CC[C@H](C(=O)N(C)[C@H](C(=O)N[C@H]2Cc3cc(O)cc(c3)-c3ccc4c(c3)c(c(-c3ccccc3[C@H](C)OC)n4CC)CC(C)(C)COC(=O)[C@@H]3CCCN(N3)C2=O)C(C)C)C1.S.S.S.S.S. The maximum absolute atomic E-state index is 14.7. The lowest BCUT2D eigenvalue weighted by molar-refractivity contribution is -0.155. The van der Waals surface area contributed by atoms with E-state index in [-0.39, 0.29) is 123 Å². The average Bonchev–Trinajstić information content (AvgIpc) is 3.92. The van der Waals surface area contributed by atoms with E-state index >= 15 is 0 Å². The molecular weight excluding hydrogens is 997 g/mol. The molecule has 4 aromatic rings. The maximum Gasteiger partial charge on any atom is 0.324 e. The topological polar surface area (TPSA) is 163 Å². The minimum atomic E-state index is -1.16. The van der Waals surface area contributed by atoms with Crippen LogP contribution in [-0.2, 0) is 52.8 Å². The van der Waals surface area contributed by atoms with Crippen molar-refractivity contribution in [2.75, 3.05) is 40.4 Å². The molecule has 0 aliphatic carbocycles. The number of nitrogens with zero attached hydrogens (tertiary/aromatic N) is 4. The van der Waals surface area contributed by atoms with Crippen molar-refractivity contribution in [2.45, 2.75) is 104 Å². The van der Waals surface area contributed by atoms with Crippen molar-refractivity contribution in [3.63, 3.8) is 0 Å². The summed E-state index contributed by atoms with van der Waals surface area (Å²) in [7, 11) is 3.29. The van der Waals surface area contributed by atoms with Gasteiger partial charge in [-0.05, 0) is 104 Å². The van der Waals surface area contributed by atoms with Crippen molar-refractivity contribution in [1.82, 2.24) is 30.1 Å². The number of rotatable bonds is 10. The number of aromatic nitrogens is 1. The molecule has 6 bridgehead atoms. The van der Waals surface area contributed by atoms with Crippen LogP contribution in [0.4, 0.5) is 0 Å². The Balaban J connectivity index is 0.00000346. The molecule has 3 aliphatic rings. The van der Waals surface area contributed by atoms with Gasteiger partial charge in [0.25, 0.3) is 5.91 Å². The van der Waals surface area contributed by atoms with E-state index in [1.54, 1.807) is 31.2 Å². The van der Waals surface area contributed by atoms with Gasteiger partial charge in [0.2, 0.25) is 17.7 Å². The van der Waals surface area contributed by atoms with Crippen molar-refractivity contribution < 1.29 is 38.6 Å². The number of phenols is 1. The highest BCUT2D eigenvalue weighted by Crippen LogP contribution is 2.42. The fourth-order valence-electron chi connectivity index (χ4n) is 10.1. The largest absolute Gasteiger partial charge is 0.508 e. The molecule has 0 saturated carbocycles. The van der Waals surface area contributed by atoms with E-state index in [0.717, 1.165) is 44.4 Å². The summed E-state index contributed by atoms with van der Waals surface area (Å²) in [6, 6.07) is 16.9. The Labute approximate surface area is 454 Å². The van der Waals surface area contributed by atoms with E-state index in [4.69, 9.17) is 9.47 Å². The zero-order chi connectivity index (χ0) is 47.6. The highest BCUT2D eigenvalue weighted by Gasteiger charge is 2.40. The second kappa shape index (κ2) is 26.6. The zero-order valence-corrected chi connectivity index (χ0v) is 47.2. The van der Waals surface area contributed by atoms with Gasteiger partial charge < -0.3 is 34.3 Å². The molecule has 0 radical (unpaired) electrons. The van der Waals surface area contributed by atoms with Gasteiger partial charge in [0.1, 0.15) is 23.9 Å². The molecule has 7 rings (SSSR count). The first-order chi connectivity index (χ1) is 31.4. The first-order valence-corrected chi connectivity index (χ1v) is 23.3. The van der Waals surface area contributed by atoms with E-state index in [2.05, 4.69) is 66.9 Å². The number of ether oxygens (including phenoxy) is 2. The van der Waals surface area contributed by atoms with Gasteiger partial charge in [0.05, 0.1) is 24.3 Å². The third-order valence-electron chi connectivity index (χ3n) is 13.5. The molecule has 5 atom stereocenters. The molecule has 0 unspecified atom stereocenters. The van der Waals surface area contributed by atoms with Crippen molar-refractivity contribution >= 4 is 108 Å². The molecule has 71 heavy (non-hydrogen) atoms. The van der Waals surface area contributed by atoms with Crippen LogP contribution >= 0.6 is 67.5 Å². The quantitative estimate of drug-likeness (QED) is 0.111. The number of fused-ring (bicyclic) bond motifs is 6. The van der Waals surface area contributed by atoms with Gasteiger partial charge in [0.15, 0.2) is 0 Å². The number of likely N-dealkylation sites (tertiary alicyclic amines) is 1. The van der Waals surface area contributed by atoms with Crippen LogP contribution in [0.15, 0.2) is 73.3 Å². The molecule has 0 spiro atoms. The number of aryl methyl sites for hydroxylation is 1. The van der Waals surface area contributed by atoms with Gasteiger partial charge in [-0.15, -0.1) is 0 Å². The number of hydrogen-bond donors (Lipinski definition) is 3. The van der Waals surface area contributed by atoms with E-state index in [1.165, 1.54) is 16.0 Å². The first kappa shape index (κ1) is 62.9. The summed E-state index contributed by atoms with van der Waals surface area (Å²) in [5.41, 5.74) is 10.1. The number of benzene rings is 3. The predicted molar refractivity (Wildman–Crippen MR) is 306 cm³/mol. The van der Waals surface area contributed by atoms with E-state index < -0.39 is 47.2 Å². The number of hydrazine groups is 1. The summed E-state index contributed by atoms with van der Waals surface area (Å²) >= 11 is 0. The molecule has 3 aliphatic heterocycles. The minimum Gasteiger partial charge on any atom is -0.508 e. The Morgan fingerprint density at radius 3 is 2.35 bits per heavy atom. The third-order valence-corrected chi connectivity index (χ3v) is 13.5. The Morgan fingerprint density at radius 1 is 0.986 bits per heavy atom. The van der Waals surface area contributed by atoms with Crippen LogP contribution < -0.4 is 10.7 Å². The number of methoxy groups -OCH3 is 1. The van der Waals surface area contributed by atoms with Crippen LogP contribution in [0.1, 0.15) is 83.6 Å². The molecule has 4 heterocycles. The fourth-order valence-corrected chi connectivity index (χ4v) is 10.1. The first-order valence-electron chi connectivity index (χ1n) is 23.3. The predicted octanol–water partition coefficient (Wildman–Crippen LogP) is 7.14. The lowest BCUT2D eigenvalue weighted by Gasteiger charge is -2.37. The summed E-state index contributed by atoms with van der Waals surface area (Å²) in [6.07, 6.45) is 3.04. The molecule has 19 heteroatoms. The van der Waals surface area contributed by atoms with Crippen LogP contribution in [0.3, 0.4) is 0 Å². The smallest absolute Gasteiger partial charge is 0.324 e. The van der Waals surface area contributed by atoms with Crippen molar-refractivity contribution in [1.29, 1.82) is 0 Å². The number of cyclic esters (lactones) is 1. The summed E-state index contributed by atoms with van der Waals surface area (Å²) in [5, 5.41) is 16.7. The summed E-state index contributed by atoms with van der Waals surface area (Å²) in [5.74, 6) is -2.83. The number of aromatic hydroxyl groups is 1. The second-order valence-corrected chi connectivity index (χ2v) is 19.3. The highest BCUT2D eigenvalue weighted by atomic mass is 32.1. The van der Waals surface area contributed by atoms with Crippen LogP contribution in [0.5, 0.6) is 5.75 Å². The molecular formula is C52H76N6O8S5. The maximum atomic E-state index is 14.7. The van der Waals surface area contributed by atoms with E-state index in [9.17, 15) is 29.1 Å². The number of amides is 4. The van der Waals surface area contributed by atoms with Crippen LogP contribution in [0.25, 0.3) is 33.3 Å². The van der Waals surface area contributed by atoms with Crippen molar-refractivity contribution in [2.24, 2.45) is 17.3 Å². The minimum absolute atomic E-state index is 0. The number of carbonyl (C=O) groups is 5. The van der Waals surface area contributed by atoms with Gasteiger partial charge >= 0.3 is 5.97 Å². The van der Waals surface area contributed by atoms with E-state index in [0.29, 0.717) is 44.3 Å². The average molecular weight is 1070 g/mol. The fraction of sp³-hybridized carbons (Fsp3) is 0.481. The Hall–Kier alpha value is -4.24. The number of likely N-dealkylation sites (N-methyl/N-ethyl adjacent to an activating group) is 1. The Morgan fingerprint density at radius 2 is 1.69 bits per heavy atom. The molecule has 3 N–H and O–H groups in total. The normalized spacial score (nSPS) is 19.5. The van der Waals surface area contributed by atoms with Gasteiger partial charge in [0, 0.05) is 68.6 Å².